The number of benzene rings is 3. The molecule has 0 bridgehead atoms. The van der Waals surface area contributed by atoms with E-state index in [2.05, 4.69) is 10.6 Å². The molecule has 1 saturated heterocycles. The van der Waals surface area contributed by atoms with Gasteiger partial charge < -0.3 is 10.6 Å². The van der Waals surface area contributed by atoms with Crippen LogP contribution >= 0.6 is 23.1 Å². The maximum atomic E-state index is 13.1. The summed E-state index contributed by atoms with van der Waals surface area (Å²) in [5.74, 6) is -1.33. The lowest BCUT2D eigenvalue weighted by atomic mass is 10.2. The van der Waals surface area contributed by atoms with Gasteiger partial charge in [-0.25, -0.2) is 4.90 Å². The smallest absolute Gasteiger partial charge is 0.272 e. The molecule has 1 aliphatic heterocycles. The zero-order chi connectivity index (χ0) is 27.2. The van der Waals surface area contributed by atoms with Gasteiger partial charge in [0.1, 0.15) is 5.70 Å². The third kappa shape index (κ3) is 6.34. The lowest BCUT2D eigenvalue weighted by Crippen LogP contribution is -2.31. The van der Waals surface area contributed by atoms with Crippen molar-refractivity contribution in [3.63, 3.8) is 0 Å². The van der Waals surface area contributed by atoms with Gasteiger partial charge in [-0.15, -0.1) is 23.1 Å². The van der Waals surface area contributed by atoms with Gasteiger partial charge in [-0.3, -0.25) is 19.2 Å². The Balaban J connectivity index is 1.25. The first-order valence-electron chi connectivity index (χ1n) is 12.1. The molecule has 0 spiro atoms. The molecule has 1 unspecified atom stereocenters. The molecule has 4 amide bonds. The van der Waals surface area contributed by atoms with E-state index in [4.69, 9.17) is 0 Å². The van der Waals surface area contributed by atoms with E-state index in [0.29, 0.717) is 16.9 Å². The second kappa shape index (κ2) is 11.9. The summed E-state index contributed by atoms with van der Waals surface area (Å²) in [4.78, 5) is 54.1. The fraction of sp³-hybridized carbons (Fsp3) is 0.0667. The molecule has 1 aromatic heterocycles. The van der Waals surface area contributed by atoms with Crippen LogP contribution in [-0.4, -0.2) is 28.9 Å². The first-order chi connectivity index (χ1) is 19.0. The number of rotatable bonds is 8. The molecule has 1 aliphatic rings. The van der Waals surface area contributed by atoms with E-state index in [-0.39, 0.29) is 29.8 Å². The fourth-order valence-corrected chi connectivity index (χ4v) is 5.69. The molecule has 3 aromatic carbocycles. The summed E-state index contributed by atoms with van der Waals surface area (Å²) in [5, 5.41) is 6.90. The SMILES string of the molecule is O=C(Nc1ccc(SC2CC(=O)N(c3ccccc3)C2=O)cc1)/C(=C/c1cccs1)NC(=O)c1ccccc1. The number of thiophene rings is 1. The molecule has 194 valence electrons. The average Bonchev–Trinajstić information content (AvgIpc) is 3.57. The van der Waals surface area contributed by atoms with Gasteiger partial charge in [0, 0.05) is 27.4 Å². The first-order valence-corrected chi connectivity index (χ1v) is 13.9. The Morgan fingerprint density at radius 3 is 2.23 bits per heavy atom. The van der Waals surface area contributed by atoms with Crippen LogP contribution in [-0.2, 0) is 14.4 Å². The molecule has 1 fully saturated rings. The van der Waals surface area contributed by atoms with Crippen LogP contribution in [0.1, 0.15) is 21.7 Å². The maximum absolute atomic E-state index is 13.1. The van der Waals surface area contributed by atoms with Crippen molar-refractivity contribution in [3.05, 3.63) is 119 Å². The van der Waals surface area contributed by atoms with Gasteiger partial charge >= 0.3 is 0 Å². The normalized spacial score (nSPS) is 15.3. The summed E-state index contributed by atoms with van der Waals surface area (Å²) in [6, 6.07) is 28.3. The minimum atomic E-state index is -0.522. The van der Waals surface area contributed by atoms with Crippen LogP contribution in [0, 0.1) is 0 Å². The first kappa shape index (κ1) is 26.1. The standard InChI is InChI=1S/C30H23N3O4S2/c34-27-19-26(30(37)33(27)22-10-5-2-6-11-22)39-23-15-13-21(14-16-23)31-29(36)25(18-24-12-7-17-38-24)32-28(35)20-8-3-1-4-9-20/h1-18,26H,19H2,(H,31,36)(H,32,35)/b25-18-. The number of carbonyl (C=O) groups is 4. The van der Waals surface area contributed by atoms with E-state index in [1.54, 1.807) is 78.9 Å². The van der Waals surface area contributed by atoms with Gasteiger partial charge in [-0.05, 0) is 66.1 Å². The van der Waals surface area contributed by atoms with Crippen LogP contribution in [0.15, 0.2) is 113 Å². The van der Waals surface area contributed by atoms with E-state index in [1.165, 1.54) is 28.0 Å². The summed E-state index contributed by atoms with van der Waals surface area (Å²) < 4.78 is 0. The largest absolute Gasteiger partial charge is 0.321 e. The Kier molecular flexibility index (Phi) is 8.00. The zero-order valence-corrected chi connectivity index (χ0v) is 22.2. The molecule has 0 aliphatic carbocycles. The maximum Gasteiger partial charge on any atom is 0.272 e. The van der Waals surface area contributed by atoms with Crippen molar-refractivity contribution >= 4 is 64.2 Å². The van der Waals surface area contributed by atoms with Crippen molar-refractivity contribution in [2.75, 3.05) is 10.2 Å². The molecule has 1 atom stereocenters. The molecule has 4 aromatic rings. The third-order valence-electron chi connectivity index (χ3n) is 5.87. The number of hydrogen-bond donors (Lipinski definition) is 2. The van der Waals surface area contributed by atoms with Crippen molar-refractivity contribution in [2.24, 2.45) is 0 Å². The van der Waals surface area contributed by atoms with Crippen LogP contribution in [0.4, 0.5) is 11.4 Å². The summed E-state index contributed by atoms with van der Waals surface area (Å²) in [6.45, 7) is 0. The number of thioether (sulfide) groups is 1. The molecule has 0 radical (unpaired) electrons. The van der Waals surface area contributed by atoms with Gasteiger partial charge in [-0.2, -0.15) is 0 Å². The molecule has 2 N–H and O–H groups in total. The van der Waals surface area contributed by atoms with E-state index in [0.717, 1.165) is 9.77 Å². The van der Waals surface area contributed by atoms with Crippen LogP contribution in [0.3, 0.4) is 0 Å². The number of imide groups is 1. The Morgan fingerprint density at radius 2 is 1.56 bits per heavy atom. The summed E-state index contributed by atoms with van der Waals surface area (Å²) in [5.41, 5.74) is 1.64. The van der Waals surface area contributed by atoms with Crippen LogP contribution in [0.2, 0.25) is 0 Å². The fourth-order valence-electron chi connectivity index (χ4n) is 3.98. The number of nitrogens with one attached hydrogen (secondary N) is 2. The third-order valence-corrected chi connectivity index (χ3v) is 7.89. The number of anilines is 2. The molecule has 9 heteroatoms. The molecular formula is C30H23N3O4S2. The number of para-hydroxylation sites is 1. The van der Waals surface area contributed by atoms with Gasteiger partial charge in [0.25, 0.3) is 11.8 Å². The van der Waals surface area contributed by atoms with Gasteiger partial charge in [0.15, 0.2) is 0 Å². The highest BCUT2D eigenvalue weighted by molar-refractivity contribution is 8.00. The lowest BCUT2D eigenvalue weighted by molar-refractivity contribution is -0.121. The number of carbonyl (C=O) groups excluding carboxylic acids is 4. The Labute approximate surface area is 233 Å². The van der Waals surface area contributed by atoms with Crippen molar-refractivity contribution in [3.8, 4) is 0 Å². The van der Waals surface area contributed by atoms with Gasteiger partial charge in [0.2, 0.25) is 11.8 Å². The predicted molar refractivity (Wildman–Crippen MR) is 154 cm³/mol. The highest BCUT2D eigenvalue weighted by Crippen LogP contribution is 2.34. The lowest BCUT2D eigenvalue weighted by Gasteiger charge is -2.15. The summed E-state index contributed by atoms with van der Waals surface area (Å²) >= 11 is 2.76. The second-order valence-electron chi connectivity index (χ2n) is 8.59. The highest BCUT2D eigenvalue weighted by atomic mass is 32.2. The molecule has 2 heterocycles. The van der Waals surface area contributed by atoms with Crippen molar-refractivity contribution in [1.29, 1.82) is 0 Å². The quantitative estimate of drug-likeness (QED) is 0.219. The van der Waals surface area contributed by atoms with Crippen LogP contribution < -0.4 is 15.5 Å². The predicted octanol–water partition coefficient (Wildman–Crippen LogP) is 5.58. The van der Waals surface area contributed by atoms with Crippen molar-refractivity contribution in [1.82, 2.24) is 5.32 Å². The molecule has 0 saturated carbocycles. The molecule has 5 rings (SSSR count). The van der Waals surface area contributed by atoms with Gasteiger partial charge in [0.05, 0.1) is 10.9 Å². The minimum Gasteiger partial charge on any atom is -0.321 e. The minimum absolute atomic E-state index is 0.112. The Hall–Kier alpha value is -4.47. The van der Waals surface area contributed by atoms with Gasteiger partial charge in [-0.1, -0.05) is 42.5 Å². The molecule has 7 nitrogen and oxygen atoms in total. The summed E-state index contributed by atoms with van der Waals surface area (Å²) in [7, 11) is 0. The van der Waals surface area contributed by atoms with E-state index in [9.17, 15) is 19.2 Å². The highest BCUT2D eigenvalue weighted by Gasteiger charge is 2.40. The molecule has 39 heavy (non-hydrogen) atoms. The summed E-state index contributed by atoms with van der Waals surface area (Å²) in [6.07, 6.45) is 1.75. The number of nitrogens with zero attached hydrogens (tertiary/aromatic N) is 1. The average molecular weight is 554 g/mol. The van der Waals surface area contributed by atoms with E-state index < -0.39 is 11.2 Å². The topological polar surface area (TPSA) is 95.6 Å². The van der Waals surface area contributed by atoms with Crippen LogP contribution in [0.5, 0.6) is 0 Å². The van der Waals surface area contributed by atoms with Crippen LogP contribution in [0.25, 0.3) is 6.08 Å². The molecular weight excluding hydrogens is 530 g/mol. The number of hydrogen-bond acceptors (Lipinski definition) is 6. The van der Waals surface area contributed by atoms with E-state index >= 15 is 0 Å². The second-order valence-corrected chi connectivity index (χ2v) is 10.8. The Morgan fingerprint density at radius 1 is 0.872 bits per heavy atom. The van der Waals surface area contributed by atoms with Crippen molar-refractivity contribution in [2.45, 2.75) is 16.6 Å². The monoisotopic (exact) mass is 553 g/mol. The van der Waals surface area contributed by atoms with Crippen molar-refractivity contribution < 1.29 is 19.2 Å². The Bertz CT molecular complexity index is 1520. The van der Waals surface area contributed by atoms with E-state index in [1.807, 2.05) is 29.6 Å². The zero-order valence-electron chi connectivity index (χ0n) is 20.6. The number of amides is 4.